The molecule has 2 nitrogen and oxygen atoms in total. The van der Waals surface area contributed by atoms with Crippen molar-refractivity contribution in [1.82, 2.24) is 0 Å². The van der Waals surface area contributed by atoms with Gasteiger partial charge in [0.2, 0.25) is 0 Å². The largest absolute Gasteiger partial charge is 0.412 e. The van der Waals surface area contributed by atoms with E-state index < -0.39 is 0 Å². The molecule has 0 spiro atoms. The van der Waals surface area contributed by atoms with Crippen LogP contribution >= 0.6 is 0 Å². The van der Waals surface area contributed by atoms with Gasteiger partial charge in [-0.15, -0.1) is 0 Å². The third-order valence-corrected chi connectivity index (χ3v) is 0. The zero-order chi connectivity index (χ0) is 0. The van der Waals surface area contributed by atoms with Crippen LogP contribution in [0.4, 0.5) is 0 Å². The Hall–Kier alpha value is 1.44. The third-order valence-electron chi connectivity index (χ3n) is 0. The summed E-state index contributed by atoms with van der Waals surface area (Å²) < 4.78 is 0. The van der Waals surface area contributed by atoms with Crippen molar-refractivity contribution in [3.8, 4) is 0 Å². The van der Waals surface area contributed by atoms with Crippen molar-refractivity contribution in [1.29, 1.82) is 0 Å². The molecule has 0 atom stereocenters. The summed E-state index contributed by atoms with van der Waals surface area (Å²) in [5, 5.41) is 0. The fraction of sp³-hybridized carbons (Fsp3) is 0. The average Bonchev–Trinajstić information content (AvgIpc) is 0. The third kappa shape index (κ3) is 31.1. The van der Waals surface area contributed by atoms with E-state index in [4.69, 9.17) is 0 Å². The van der Waals surface area contributed by atoms with Crippen LogP contribution in [-0.4, -0.2) is 11.0 Å². The predicted molar refractivity (Wildman–Crippen MR) is 7.23 cm³/mol. The molecule has 43 valence electrons. The normalized spacial score (nSPS) is 0. The quantitative estimate of drug-likeness (QED) is 0.429. The Bertz CT molecular complexity index is 9.61. The van der Waals surface area contributed by atoms with E-state index in [0.717, 1.165) is 0 Å². The van der Waals surface area contributed by atoms with Crippen LogP contribution in [0.3, 0.4) is 0 Å². The molecule has 0 unspecified atom stereocenters. The minimum atomic E-state index is 0. The van der Waals surface area contributed by atoms with Gasteiger partial charge in [0.05, 0.1) is 0 Å². The molecule has 0 rings (SSSR count). The van der Waals surface area contributed by atoms with Gasteiger partial charge in [0.15, 0.2) is 0 Å². The first-order chi connectivity index (χ1) is 0. The van der Waals surface area contributed by atoms with E-state index in [1.54, 1.807) is 0 Å². The number of hydrogen-bond donors (Lipinski definition) is 0. The minimum absolute atomic E-state index is 0. The zero-order valence-corrected chi connectivity index (χ0v) is 5.14. The van der Waals surface area contributed by atoms with E-state index in [9.17, 15) is 0 Å². The Labute approximate surface area is 61.3 Å². The minimum Gasteiger partial charge on any atom is -0.412 e. The Balaban J connectivity index is 0. The molecule has 0 saturated heterocycles. The molecule has 0 aliphatic heterocycles. The molecule has 0 aliphatic rings. The molecular weight excluding hydrogens is 205 g/mol. The van der Waals surface area contributed by atoms with Crippen molar-refractivity contribution >= 4 is 0 Å². The average molecular weight is 210 g/mol. The molecule has 0 saturated carbocycles. The van der Waals surface area contributed by atoms with E-state index >= 15 is 0 Å². The van der Waals surface area contributed by atoms with Gasteiger partial charge in [-0.1, -0.05) is 0 Å². The molecule has 0 heterocycles. The summed E-state index contributed by atoms with van der Waals surface area (Å²) in [5.41, 5.74) is 0. The Morgan fingerprint density at radius 1 is 0.800 bits per heavy atom. The first-order valence-electron chi connectivity index (χ1n) is 0. The molecule has 4 N–H and O–H groups in total. The molecule has 5 heavy (non-hydrogen) atoms. The molecule has 5 heteroatoms. The van der Waals surface area contributed by atoms with Crippen molar-refractivity contribution in [3.63, 3.8) is 0 Å². The Morgan fingerprint density at radius 2 is 0.800 bits per heavy atom. The molecule has 0 amide bonds. The van der Waals surface area contributed by atoms with E-state index in [-0.39, 0.29) is 61.3 Å². The molecule has 0 aromatic rings. The SMILES string of the molecule is O.O.[Co].[Fe].[Ni]. The van der Waals surface area contributed by atoms with E-state index in [1.807, 2.05) is 0 Å². The molecular formula is H4CoFeNiO2. The van der Waals surface area contributed by atoms with E-state index in [0.29, 0.717) is 0 Å². The summed E-state index contributed by atoms with van der Waals surface area (Å²) in [6.07, 6.45) is 0. The van der Waals surface area contributed by atoms with Gasteiger partial charge in [-0.3, -0.25) is 0 Å². The van der Waals surface area contributed by atoms with Crippen LogP contribution in [0, 0.1) is 0 Å². The standard InChI is InChI=1S/Co.Fe.Ni.2H2O/h;;;2*1H2. The first kappa shape index (κ1) is 92.0. The number of hydrogen-bond acceptors (Lipinski definition) is 0. The van der Waals surface area contributed by atoms with Gasteiger partial charge in [-0.25, -0.2) is 0 Å². The van der Waals surface area contributed by atoms with Crippen molar-refractivity contribution in [2.75, 3.05) is 0 Å². The summed E-state index contributed by atoms with van der Waals surface area (Å²) in [6, 6.07) is 0. The fourth-order valence-corrected chi connectivity index (χ4v) is 0. The summed E-state index contributed by atoms with van der Waals surface area (Å²) in [4.78, 5) is 0. The molecule has 0 aromatic heterocycles. The van der Waals surface area contributed by atoms with E-state index in [2.05, 4.69) is 0 Å². The second kappa shape index (κ2) is 51.7. The molecule has 0 bridgehead atoms. The van der Waals surface area contributed by atoms with Gasteiger partial charge in [0, 0.05) is 50.3 Å². The van der Waals surface area contributed by atoms with Crippen LogP contribution in [-0.2, 0) is 50.3 Å². The second-order valence-electron chi connectivity index (χ2n) is 0. The zero-order valence-electron chi connectivity index (χ0n) is 2.00. The van der Waals surface area contributed by atoms with Crippen LogP contribution in [0.15, 0.2) is 0 Å². The van der Waals surface area contributed by atoms with Gasteiger partial charge in [-0.2, -0.15) is 0 Å². The molecule has 0 fully saturated rings. The van der Waals surface area contributed by atoms with Crippen molar-refractivity contribution in [3.05, 3.63) is 0 Å². The van der Waals surface area contributed by atoms with Gasteiger partial charge in [0.25, 0.3) is 0 Å². The van der Waals surface area contributed by atoms with Gasteiger partial charge in [-0.05, 0) is 0 Å². The van der Waals surface area contributed by atoms with Crippen LogP contribution in [0.1, 0.15) is 0 Å². The molecule has 1 radical (unpaired) electrons. The summed E-state index contributed by atoms with van der Waals surface area (Å²) in [5.74, 6) is 0. The monoisotopic (exact) mass is 209 g/mol. The van der Waals surface area contributed by atoms with Gasteiger partial charge < -0.3 is 11.0 Å². The maximum Gasteiger partial charge on any atom is 0 e. The van der Waals surface area contributed by atoms with Crippen LogP contribution in [0.2, 0.25) is 0 Å². The maximum atomic E-state index is 0. The van der Waals surface area contributed by atoms with Crippen molar-refractivity contribution < 1.29 is 61.3 Å². The Morgan fingerprint density at radius 3 is 0.800 bits per heavy atom. The Kier molecular flexibility index (Phi) is 951. The first-order valence-corrected chi connectivity index (χ1v) is 0. The smallest absolute Gasteiger partial charge is 0 e. The summed E-state index contributed by atoms with van der Waals surface area (Å²) in [6.45, 7) is 0. The van der Waals surface area contributed by atoms with Crippen LogP contribution in [0.5, 0.6) is 0 Å². The van der Waals surface area contributed by atoms with Crippen molar-refractivity contribution in [2.45, 2.75) is 0 Å². The van der Waals surface area contributed by atoms with E-state index in [1.165, 1.54) is 0 Å². The van der Waals surface area contributed by atoms with Gasteiger partial charge in [0.1, 0.15) is 0 Å². The van der Waals surface area contributed by atoms with Crippen LogP contribution < -0.4 is 0 Å². The summed E-state index contributed by atoms with van der Waals surface area (Å²) in [7, 11) is 0. The maximum absolute atomic E-state index is 0. The van der Waals surface area contributed by atoms with Gasteiger partial charge >= 0.3 is 0 Å². The van der Waals surface area contributed by atoms with Crippen molar-refractivity contribution in [2.24, 2.45) is 0 Å². The predicted octanol–water partition coefficient (Wildman–Crippen LogP) is -1.66. The number of rotatable bonds is 0. The second-order valence-corrected chi connectivity index (χ2v) is 0. The molecule has 0 aliphatic carbocycles. The summed E-state index contributed by atoms with van der Waals surface area (Å²) >= 11 is 0. The molecule has 0 aromatic carbocycles. The van der Waals surface area contributed by atoms with Crippen LogP contribution in [0.25, 0.3) is 0 Å². The topological polar surface area (TPSA) is 63.0 Å². The fourth-order valence-electron chi connectivity index (χ4n) is 0.